The molecule has 2 atom stereocenters. The highest BCUT2D eigenvalue weighted by Gasteiger charge is 2.60. The van der Waals surface area contributed by atoms with Crippen LogP contribution in [0.5, 0.6) is 0 Å². The lowest BCUT2D eigenvalue weighted by Gasteiger charge is -2.32. The first-order valence-corrected chi connectivity index (χ1v) is 13.7. The molecule has 1 heterocycles. The summed E-state index contributed by atoms with van der Waals surface area (Å²) in [6, 6.07) is 5.70. The van der Waals surface area contributed by atoms with Gasteiger partial charge < -0.3 is 20.1 Å². The summed E-state index contributed by atoms with van der Waals surface area (Å²) in [4.78, 5) is 59.0. The van der Waals surface area contributed by atoms with Crippen LogP contribution < -0.4 is 11.1 Å². The first-order valence-electron chi connectivity index (χ1n) is 13.4. The summed E-state index contributed by atoms with van der Waals surface area (Å²) >= 11 is 6.18. The molecule has 0 radical (unpaired) electrons. The van der Waals surface area contributed by atoms with Gasteiger partial charge in [-0.05, 0) is 74.9 Å². The number of alkyl carbamates (subject to hydrolysis) is 1. The number of guanidine groups is 1. The van der Waals surface area contributed by atoms with Crippen molar-refractivity contribution in [1.29, 1.82) is 0 Å². The zero-order valence-electron chi connectivity index (χ0n) is 24.2. The minimum atomic E-state index is -1.82. The van der Waals surface area contributed by atoms with Crippen LogP contribution in [0.3, 0.4) is 0 Å². The van der Waals surface area contributed by atoms with Gasteiger partial charge in [-0.2, -0.15) is 0 Å². The first kappa shape index (κ1) is 31.7. The van der Waals surface area contributed by atoms with Crippen molar-refractivity contribution in [3.8, 4) is 0 Å². The molecule has 2 unspecified atom stereocenters. The van der Waals surface area contributed by atoms with E-state index in [1.807, 2.05) is 0 Å². The molecule has 2 aliphatic rings. The van der Waals surface area contributed by atoms with Crippen molar-refractivity contribution in [3.63, 3.8) is 0 Å². The number of halogens is 3. The van der Waals surface area contributed by atoms with Gasteiger partial charge in [-0.15, -0.1) is 0 Å². The Balaban J connectivity index is 1.91. The Labute approximate surface area is 251 Å². The van der Waals surface area contributed by atoms with Gasteiger partial charge in [0, 0.05) is 20.2 Å². The smallest absolute Gasteiger partial charge is 0.414 e. The van der Waals surface area contributed by atoms with Gasteiger partial charge in [0.25, 0.3) is 5.91 Å². The third-order valence-corrected chi connectivity index (χ3v) is 7.15. The number of hydrogen-bond donors (Lipinski definition) is 2. The molecule has 4 rings (SSSR count). The number of nitrogens with one attached hydrogen (secondary N) is 1. The van der Waals surface area contributed by atoms with Crippen LogP contribution in [0.25, 0.3) is 0 Å². The summed E-state index contributed by atoms with van der Waals surface area (Å²) in [6.45, 7) is 4.44. The van der Waals surface area contributed by atoms with E-state index in [1.54, 1.807) is 20.8 Å². The molecule has 2 aromatic rings. The van der Waals surface area contributed by atoms with E-state index in [-0.39, 0.29) is 27.7 Å². The zero-order chi connectivity index (χ0) is 31.9. The van der Waals surface area contributed by atoms with Crippen LogP contribution in [0.15, 0.2) is 41.4 Å². The summed E-state index contributed by atoms with van der Waals surface area (Å²) in [5, 5.41) is 2.54. The van der Waals surface area contributed by atoms with Crippen molar-refractivity contribution in [3.05, 3.63) is 69.7 Å². The maximum atomic E-state index is 14.6. The van der Waals surface area contributed by atoms with Crippen LogP contribution in [0.1, 0.15) is 61.1 Å². The standard InChI is InChI=1S/C29H32ClF2N5O6/c1-28(2,3)43-26(40)34-25-35-29(16-7-8-16,17-11-18(31)13-19(32)12-17)24(39)37(25)22(14-42-27(41)36(4)5)15-6-9-21(30)20(10-15)23(33)38/h6,9-13,16,22H,7-8,14H2,1-5H3,(H2,33,38)(H,34,35,40). The number of rotatable bonds is 7. The molecular formula is C29H32ClF2N5O6. The highest BCUT2D eigenvalue weighted by Crippen LogP contribution is 2.53. The predicted molar refractivity (Wildman–Crippen MR) is 152 cm³/mol. The van der Waals surface area contributed by atoms with Crippen molar-refractivity contribution in [1.82, 2.24) is 15.1 Å². The largest absolute Gasteiger partial charge is 0.447 e. The van der Waals surface area contributed by atoms with E-state index >= 15 is 0 Å². The van der Waals surface area contributed by atoms with Crippen molar-refractivity contribution in [2.24, 2.45) is 16.6 Å². The number of benzene rings is 2. The topological polar surface area (TPSA) is 144 Å². The number of nitrogens with two attached hydrogens (primary N) is 1. The van der Waals surface area contributed by atoms with E-state index in [0.29, 0.717) is 18.9 Å². The molecule has 2 aromatic carbocycles. The molecule has 3 N–H and O–H groups in total. The summed E-state index contributed by atoms with van der Waals surface area (Å²) in [5.74, 6) is -4.20. The highest BCUT2D eigenvalue weighted by molar-refractivity contribution is 6.33. The molecular weight excluding hydrogens is 588 g/mol. The van der Waals surface area contributed by atoms with Gasteiger partial charge in [-0.25, -0.2) is 23.4 Å². The molecule has 0 bridgehead atoms. The van der Waals surface area contributed by atoms with Gasteiger partial charge in [-0.3, -0.25) is 19.8 Å². The summed E-state index contributed by atoms with van der Waals surface area (Å²) in [7, 11) is 2.92. The van der Waals surface area contributed by atoms with Gasteiger partial charge >= 0.3 is 12.2 Å². The summed E-state index contributed by atoms with van der Waals surface area (Å²) in [6.07, 6.45) is -0.693. The van der Waals surface area contributed by atoms with E-state index < -0.39 is 65.3 Å². The fraction of sp³-hybridized carbons (Fsp3) is 0.414. The van der Waals surface area contributed by atoms with Gasteiger partial charge in [0.1, 0.15) is 23.8 Å². The van der Waals surface area contributed by atoms with E-state index in [0.717, 1.165) is 21.9 Å². The lowest BCUT2D eigenvalue weighted by molar-refractivity contribution is -0.134. The maximum Gasteiger partial charge on any atom is 0.414 e. The number of nitrogens with zero attached hydrogens (tertiary/aromatic N) is 3. The molecule has 0 spiro atoms. The first-order chi connectivity index (χ1) is 20.0. The van der Waals surface area contributed by atoms with Crippen molar-refractivity contribution < 1.29 is 37.4 Å². The minimum Gasteiger partial charge on any atom is -0.447 e. The van der Waals surface area contributed by atoms with Crippen LogP contribution in [0.2, 0.25) is 5.02 Å². The third-order valence-electron chi connectivity index (χ3n) is 6.82. The average molecular weight is 620 g/mol. The molecule has 1 fully saturated rings. The zero-order valence-corrected chi connectivity index (χ0v) is 25.0. The second kappa shape index (κ2) is 11.8. The summed E-state index contributed by atoms with van der Waals surface area (Å²) < 4.78 is 39.8. The van der Waals surface area contributed by atoms with Crippen molar-refractivity contribution in [2.45, 2.75) is 50.8 Å². The number of primary amides is 1. The van der Waals surface area contributed by atoms with Gasteiger partial charge in [0.15, 0.2) is 5.54 Å². The highest BCUT2D eigenvalue weighted by atomic mass is 35.5. The van der Waals surface area contributed by atoms with Gasteiger partial charge in [0.2, 0.25) is 11.9 Å². The number of hydrogen-bond acceptors (Lipinski definition) is 7. The fourth-order valence-corrected chi connectivity index (χ4v) is 5.03. The Hall–Kier alpha value is -4.26. The Morgan fingerprint density at radius 3 is 2.33 bits per heavy atom. The summed E-state index contributed by atoms with van der Waals surface area (Å²) in [5.41, 5.74) is 2.88. The third kappa shape index (κ3) is 6.71. The minimum absolute atomic E-state index is 0.0383. The number of aliphatic imine (C=N–C) groups is 1. The number of carbonyl (C=O) groups is 4. The van der Waals surface area contributed by atoms with Crippen molar-refractivity contribution in [2.75, 3.05) is 20.7 Å². The lowest BCUT2D eigenvalue weighted by atomic mass is 9.84. The lowest BCUT2D eigenvalue weighted by Crippen LogP contribution is -2.50. The fourth-order valence-electron chi connectivity index (χ4n) is 4.82. The predicted octanol–water partition coefficient (Wildman–Crippen LogP) is 4.48. The van der Waals surface area contributed by atoms with Crippen LogP contribution in [-0.2, 0) is 19.8 Å². The van der Waals surface area contributed by atoms with E-state index in [1.165, 1.54) is 32.3 Å². The van der Waals surface area contributed by atoms with E-state index in [4.69, 9.17) is 26.8 Å². The van der Waals surface area contributed by atoms with Crippen LogP contribution in [0.4, 0.5) is 18.4 Å². The Kier molecular flexibility index (Phi) is 8.68. The molecule has 43 heavy (non-hydrogen) atoms. The molecule has 230 valence electrons. The quantitative estimate of drug-likeness (QED) is 0.468. The van der Waals surface area contributed by atoms with Crippen LogP contribution >= 0.6 is 11.6 Å². The second-order valence-electron chi connectivity index (χ2n) is 11.5. The molecule has 0 aromatic heterocycles. The molecule has 4 amide bonds. The maximum absolute atomic E-state index is 14.6. The molecule has 1 aliphatic carbocycles. The Morgan fingerprint density at radius 2 is 1.79 bits per heavy atom. The molecule has 1 saturated carbocycles. The number of amides is 4. The molecule has 0 saturated heterocycles. The number of carbonyl (C=O) groups excluding carboxylic acids is 4. The van der Waals surface area contributed by atoms with Gasteiger partial charge in [-0.1, -0.05) is 17.7 Å². The van der Waals surface area contributed by atoms with Crippen LogP contribution in [0, 0.1) is 17.6 Å². The Morgan fingerprint density at radius 1 is 1.16 bits per heavy atom. The Bertz CT molecular complexity index is 1490. The van der Waals surface area contributed by atoms with E-state index in [2.05, 4.69) is 10.3 Å². The van der Waals surface area contributed by atoms with E-state index in [9.17, 15) is 28.0 Å². The SMILES string of the molecule is CN(C)C(=O)OCC(c1ccc(Cl)c(C(N)=O)c1)N1C(=O)C(c2cc(F)cc(F)c2)(C2CC2)N=C1NC(=O)OC(C)(C)C. The van der Waals surface area contributed by atoms with Crippen LogP contribution in [-0.4, -0.2) is 66.1 Å². The molecule has 1 aliphatic heterocycles. The van der Waals surface area contributed by atoms with Crippen molar-refractivity contribution >= 4 is 41.6 Å². The molecule has 14 heteroatoms. The molecule has 11 nitrogen and oxygen atoms in total. The monoisotopic (exact) mass is 619 g/mol. The van der Waals surface area contributed by atoms with Gasteiger partial charge in [0.05, 0.1) is 16.6 Å². The normalized spacial score (nSPS) is 19.0. The second-order valence-corrected chi connectivity index (χ2v) is 11.9. The average Bonchev–Trinajstić information content (AvgIpc) is 3.69. The number of ether oxygens (including phenoxy) is 2.